The van der Waals surface area contributed by atoms with E-state index in [-0.39, 0.29) is 5.88 Å². The number of aromatic hydroxyl groups is 1. The number of imidazole rings is 1. The fourth-order valence-electron chi connectivity index (χ4n) is 2.65. The van der Waals surface area contributed by atoms with E-state index in [0.29, 0.717) is 24.0 Å². The van der Waals surface area contributed by atoms with Gasteiger partial charge >= 0.3 is 0 Å². The molecule has 0 unspecified atom stereocenters. The molecule has 3 heterocycles. The molecule has 1 aromatic carbocycles. The summed E-state index contributed by atoms with van der Waals surface area (Å²) in [5.41, 5.74) is 4.72. The van der Waals surface area contributed by atoms with Crippen molar-refractivity contribution in [3.8, 4) is 5.88 Å². The third-order valence-electron chi connectivity index (χ3n) is 4.02. The smallest absolute Gasteiger partial charge is 0.238 e. The summed E-state index contributed by atoms with van der Waals surface area (Å²) in [4.78, 5) is 15.7. The van der Waals surface area contributed by atoms with E-state index >= 15 is 0 Å². The van der Waals surface area contributed by atoms with Crippen molar-refractivity contribution in [2.24, 2.45) is 4.99 Å². The van der Waals surface area contributed by atoms with Crippen LogP contribution in [0.5, 0.6) is 5.88 Å². The first-order valence-electron chi connectivity index (χ1n) is 7.98. The van der Waals surface area contributed by atoms with Gasteiger partial charge in [-0.05, 0) is 30.7 Å². The quantitative estimate of drug-likeness (QED) is 0.680. The molecule has 0 radical (unpaired) electrons. The first kappa shape index (κ1) is 15.1. The number of aromatic nitrogens is 3. The predicted octanol–water partition coefficient (Wildman–Crippen LogP) is 3.69. The number of pyridine rings is 1. The minimum Gasteiger partial charge on any atom is -0.492 e. The number of nitrogens with zero attached hydrogens (tertiary/aromatic N) is 3. The van der Waals surface area contributed by atoms with Crippen molar-refractivity contribution in [2.75, 3.05) is 5.32 Å². The van der Waals surface area contributed by atoms with Gasteiger partial charge in [0.1, 0.15) is 5.69 Å². The van der Waals surface area contributed by atoms with Crippen LogP contribution in [-0.4, -0.2) is 26.3 Å². The second-order valence-corrected chi connectivity index (χ2v) is 5.89. The van der Waals surface area contributed by atoms with Gasteiger partial charge in [0.15, 0.2) is 5.82 Å². The van der Waals surface area contributed by atoms with Gasteiger partial charge in [-0.2, -0.15) is 4.98 Å². The maximum Gasteiger partial charge on any atom is 0.238 e. The number of benzene rings is 1. The van der Waals surface area contributed by atoms with Gasteiger partial charge in [0, 0.05) is 30.1 Å². The van der Waals surface area contributed by atoms with Crippen molar-refractivity contribution in [3.63, 3.8) is 0 Å². The van der Waals surface area contributed by atoms with Crippen molar-refractivity contribution in [3.05, 3.63) is 65.0 Å². The van der Waals surface area contributed by atoms with Crippen LogP contribution in [0.3, 0.4) is 0 Å². The van der Waals surface area contributed by atoms with Gasteiger partial charge in [-0.1, -0.05) is 29.8 Å². The second-order valence-electron chi connectivity index (χ2n) is 5.89. The van der Waals surface area contributed by atoms with E-state index in [9.17, 15) is 5.11 Å². The molecule has 124 valence electrons. The molecule has 3 aromatic rings. The molecule has 4 rings (SSSR count). The molecular weight excluding hydrogens is 314 g/mol. The number of aromatic amines is 1. The van der Waals surface area contributed by atoms with E-state index in [1.54, 1.807) is 12.4 Å². The lowest BCUT2D eigenvalue weighted by atomic mass is 10.1. The summed E-state index contributed by atoms with van der Waals surface area (Å²) < 4.78 is 0. The van der Waals surface area contributed by atoms with E-state index in [1.165, 1.54) is 5.56 Å². The highest BCUT2D eigenvalue weighted by molar-refractivity contribution is 6.20. The zero-order valence-corrected chi connectivity index (χ0v) is 13.7. The molecule has 1 aliphatic rings. The van der Waals surface area contributed by atoms with Crippen LogP contribution in [0.15, 0.2) is 47.6 Å². The molecule has 0 aliphatic carbocycles. The maximum absolute atomic E-state index is 10.1. The van der Waals surface area contributed by atoms with E-state index in [2.05, 4.69) is 56.5 Å². The highest BCUT2D eigenvalue weighted by Crippen LogP contribution is 2.31. The Labute approximate surface area is 145 Å². The number of hydrogen-bond acceptors (Lipinski definition) is 5. The first-order valence-corrected chi connectivity index (χ1v) is 7.98. The Morgan fingerprint density at radius 2 is 2.04 bits per heavy atom. The molecule has 25 heavy (non-hydrogen) atoms. The summed E-state index contributed by atoms with van der Waals surface area (Å²) in [5, 5.41) is 13.3. The lowest BCUT2D eigenvalue weighted by Gasteiger charge is -2.03. The molecule has 0 amide bonds. The van der Waals surface area contributed by atoms with Gasteiger partial charge in [-0.3, -0.25) is 0 Å². The standard InChI is InChI=1S/C19H17N5O/c1-12-4-6-13(7-5-12)10-22-19-23-16(18(25)24-19)9-14-11-21-17-15(14)3-2-8-20-17/h2-9,11,25H,10H2,1H3,(H2,22,23,24). The maximum atomic E-state index is 10.1. The van der Waals surface area contributed by atoms with Crippen molar-refractivity contribution in [2.45, 2.75) is 13.5 Å². The first-order chi connectivity index (χ1) is 12.2. The van der Waals surface area contributed by atoms with Crippen molar-refractivity contribution < 1.29 is 5.11 Å². The van der Waals surface area contributed by atoms with Crippen LogP contribution in [0.1, 0.15) is 22.4 Å². The molecule has 6 heteroatoms. The van der Waals surface area contributed by atoms with Crippen LogP contribution >= 0.6 is 0 Å². The Balaban J connectivity index is 1.52. The molecule has 2 aromatic heterocycles. The summed E-state index contributed by atoms with van der Waals surface area (Å²) in [6, 6.07) is 12.1. The lowest BCUT2D eigenvalue weighted by Crippen LogP contribution is -2.00. The molecule has 0 bridgehead atoms. The minimum absolute atomic E-state index is 0.0513. The summed E-state index contributed by atoms with van der Waals surface area (Å²) in [5.74, 6) is 1.15. The third kappa shape index (κ3) is 3.14. The SMILES string of the molecule is Cc1ccc(CNc2nc(O)c(C=C3C=Nc4ncccc43)[nH]2)cc1. The van der Waals surface area contributed by atoms with Crippen molar-refractivity contribution in [1.82, 2.24) is 15.0 Å². The zero-order chi connectivity index (χ0) is 17.2. The zero-order valence-electron chi connectivity index (χ0n) is 13.7. The summed E-state index contributed by atoms with van der Waals surface area (Å²) in [6.45, 7) is 2.68. The Hall–Kier alpha value is -3.41. The van der Waals surface area contributed by atoms with E-state index < -0.39 is 0 Å². The van der Waals surface area contributed by atoms with Crippen molar-refractivity contribution in [1.29, 1.82) is 0 Å². The van der Waals surface area contributed by atoms with E-state index in [1.807, 2.05) is 18.2 Å². The van der Waals surface area contributed by atoms with Gasteiger partial charge in [-0.25, -0.2) is 9.98 Å². The highest BCUT2D eigenvalue weighted by atomic mass is 16.3. The monoisotopic (exact) mass is 331 g/mol. The second kappa shape index (κ2) is 6.24. The number of allylic oxidation sites excluding steroid dienone is 1. The van der Waals surface area contributed by atoms with Crippen molar-refractivity contribution >= 4 is 29.6 Å². The van der Waals surface area contributed by atoms with Crippen LogP contribution in [-0.2, 0) is 6.54 Å². The predicted molar refractivity (Wildman–Crippen MR) is 99.0 cm³/mol. The number of H-pyrrole nitrogens is 1. The van der Waals surface area contributed by atoms with Gasteiger partial charge in [0.05, 0.1) is 0 Å². The molecule has 6 nitrogen and oxygen atoms in total. The van der Waals surface area contributed by atoms with Crippen LogP contribution in [0.4, 0.5) is 11.8 Å². The fourth-order valence-corrected chi connectivity index (χ4v) is 2.65. The number of aryl methyl sites for hydroxylation is 1. The van der Waals surface area contributed by atoms with Gasteiger partial charge in [-0.15, -0.1) is 0 Å². The molecule has 3 N–H and O–H groups in total. The van der Waals surface area contributed by atoms with Crippen LogP contribution < -0.4 is 5.32 Å². The summed E-state index contributed by atoms with van der Waals surface area (Å²) in [6.07, 6.45) is 5.26. The summed E-state index contributed by atoms with van der Waals surface area (Å²) in [7, 11) is 0. The van der Waals surface area contributed by atoms with Crippen LogP contribution in [0.2, 0.25) is 0 Å². The number of hydrogen-bond donors (Lipinski definition) is 3. The van der Waals surface area contributed by atoms with E-state index in [0.717, 1.165) is 16.7 Å². The van der Waals surface area contributed by atoms with Gasteiger partial charge < -0.3 is 15.4 Å². The Kier molecular flexibility index (Phi) is 3.78. The number of fused-ring (bicyclic) bond motifs is 1. The molecule has 0 spiro atoms. The molecule has 0 saturated carbocycles. The van der Waals surface area contributed by atoms with Crippen LogP contribution in [0, 0.1) is 6.92 Å². The number of anilines is 1. The summed E-state index contributed by atoms with van der Waals surface area (Å²) >= 11 is 0. The van der Waals surface area contributed by atoms with E-state index in [4.69, 9.17) is 0 Å². The Morgan fingerprint density at radius 3 is 2.88 bits per heavy atom. The third-order valence-corrected chi connectivity index (χ3v) is 4.02. The number of aliphatic imine (C=N–C) groups is 1. The van der Waals surface area contributed by atoms with Crippen LogP contribution in [0.25, 0.3) is 11.6 Å². The Bertz CT molecular complexity index is 970. The minimum atomic E-state index is -0.0513. The molecule has 1 aliphatic heterocycles. The molecule has 0 saturated heterocycles. The number of rotatable bonds is 4. The molecular formula is C19H17N5O. The normalized spacial score (nSPS) is 14.0. The molecule has 0 fully saturated rings. The lowest BCUT2D eigenvalue weighted by molar-refractivity contribution is 0.455. The topological polar surface area (TPSA) is 86.2 Å². The highest BCUT2D eigenvalue weighted by Gasteiger charge is 2.14. The molecule has 0 atom stereocenters. The average molecular weight is 331 g/mol. The fraction of sp³-hybridized carbons (Fsp3) is 0.105. The average Bonchev–Trinajstić information content (AvgIpc) is 3.19. The Morgan fingerprint density at radius 1 is 1.20 bits per heavy atom. The van der Waals surface area contributed by atoms with Gasteiger partial charge in [0.25, 0.3) is 0 Å². The van der Waals surface area contributed by atoms with Gasteiger partial charge in [0.2, 0.25) is 11.8 Å². The largest absolute Gasteiger partial charge is 0.492 e. The number of nitrogens with one attached hydrogen (secondary N) is 2.